The van der Waals surface area contributed by atoms with Crippen molar-refractivity contribution in [3.05, 3.63) is 35.4 Å². The number of nitrogens with one attached hydrogen (secondary N) is 1. The molecule has 1 N–H and O–H groups in total. The fourth-order valence-corrected chi connectivity index (χ4v) is 2.85. The van der Waals surface area contributed by atoms with Crippen LogP contribution >= 0.6 is 0 Å². The number of nitrogens with zero attached hydrogens (tertiary/aromatic N) is 1. The summed E-state index contributed by atoms with van der Waals surface area (Å²) in [6.45, 7) is 6.89. The smallest absolute Gasteiger partial charge is 0.241 e. The van der Waals surface area contributed by atoms with E-state index in [1.807, 2.05) is 11.8 Å². The fourth-order valence-electron chi connectivity index (χ4n) is 2.85. The third-order valence-electron chi connectivity index (χ3n) is 4.21. The Labute approximate surface area is 127 Å². The van der Waals surface area contributed by atoms with Crippen molar-refractivity contribution in [2.45, 2.75) is 51.9 Å². The number of carbonyl (C=O) groups is 1. The normalized spacial score (nSPS) is 23.6. The highest BCUT2D eigenvalue weighted by atomic mass is 16.5. The van der Waals surface area contributed by atoms with E-state index in [0.717, 1.165) is 18.4 Å². The standard InChI is InChI=1S/C17H26N2O2/c1-5-15-17(20)19(13(3)10-11-21-4)16(18-15)14-8-6-12(2)7-9-14/h6-9,13,15-16,18H,5,10-11H2,1-4H3. The van der Waals surface area contributed by atoms with Crippen LogP contribution in [-0.4, -0.2) is 36.6 Å². The summed E-state index contributed by atoms with van der Waals surface area (Å²) >= 11 is 0. The second kappa shape index (κ2) is 7.05. The SMILES string of the molecule is CCC1NC(c2ccc(C)cc2)N(C(C)CCOC)C1=O. The maximum atomic E-state index is 12.6. The maximum Gasteiger partial charge on any atom is 0.241 e. The van der Waals surface area contributed by atoms with Gasteiger partial charge in [0.2, 0.25) is 5.91 Å². The van der Waals surface area contributed by atoms with Crippen molar-refractivity contribution in [3.63, 3.8) is 0 Å². The summed E-state index contributed by atoms with van der Waals surface area (Å²) in [4.78, 5) is 14.6. The number of hydrogen-bond acceptors (Lipinski definition) is 3. The highest BCUT2D eigenvalue weighted by Crippen LogP contribution is 2.29. The molecule has 0 spiro atoms. The molecule has 4 nitrogen and oxygen atoms in total. The first-order valence-electron chi connectivity index (χ1n) is 7.72. The van der Waals surface area contributed by atoms with E-state index in [0.29, 0.717) is 6.61 Å². The molecule has 1 aliphatic rings. The molecule has 1 aromatic carbocycles. The van der Waals surface area contributed by atoms with E-state index in [2.05, 4.69) is 43.4 Å². The number of rotatable bonds is 6. The monoisotopic (exact) mass is 290 g/mol. The fraction of sp³-hybridized carbons (Fsp3) is 0.588. The zero-order chi connectivity index (χ0) is 15.4. The van der Waals surface area contributed by atoms with Gasteiger partial charge in [0.05, 0.1) is 6.04 Å². The molecule has 0 aromatic heterocycles. The van der Waals surface area contributed by atoms with Crippen LogP contribution in [0.3, 0.4) is 0 Å². The molecular weight excluding hydrogens is 264 g/mol. The van der Waals surface area contributed by atoms with E-state index in [-0.39, 0.29) is 24.2 Å². The van der Waals surface area contributed by atoms with Crippen LogP contribution in [0.5, 0.6) is 0 Å². The zero-order valence-corrected chi connectivity index (χ0v) is 13.4. The van der Waals surface area contributed by atoms with Crippen LogP contribution in [0.1, 0.15) is 44.0 Å². The third-order valence-corrected chi connectivity index (χ3v) is 4.21. The molecule has 1 aliphatic heterocycles. The van der Waals surface area contributed by atoms with E-state index >= 15 is 0 Å². The Bertz CT molecular complexity index is 472. The van der Waals surface area contributed by atoms with Crippen LogP contribution in [0.2, 0.25) is 0 Å². The van der Waals surface area contributed by atoms with Crippen LogP contribution in [-0.2, 0) is 9.53 Å². The van der Waals surface area contributed by atoms with Gasteiger partial charge in [-0.3, -0.25) is 10.1 Å². The van der Waals surface area contributed by atoms with Crippen molar-refractivity contribution in [2.24, 2.45) is 0 Å². The number of ether oxygens (including phenoxy) is 1. The molecule has 2 rings (SSSR count). The molecule has 0 saturated carbocycles. The topological polar surface area (TPSA) is 41.6 Å². The number of carbonyl (C=O) groups excluding carboxylic acids is 1. The van der Waals surface area contributed by atoms with Gasteiger partial charge in [0.25, 0.3) is 0 Å². The molecular formula is C17H26N2O2. The molecule has 3 atom stereocenters. The quantitative estimate of drug-likeness (QED) is 0.875. The van der Waals surface area contributed by atoms with Crippen LogP contribution in [0.25, 0.3) is 0 Å². The molecule has 0 radical (unpaired) electrons. The van der Waals surface area contributed by atoms with Crippen molar-refractivity contribution < 1.29 is 9.53 Å². The number of benzene rings is 1. The maximum absolute atomic E-state index is 12.6. The minimum atomic E-state index is -0.0821. The summed E-state index contributed by atoms with van der Waals surface area (Å²) in [5.74, 6) is 0.201. The minimum absolute atomic E-state index is 0.0325. The van der Waals surface area contributed by atoms with E-state index in [9.17, 15) is 4.79 Å². The summed E-state index contributed by atoms with van der Waals surface area (Å²) in [6.07, 6.45) is 1.63. The van der Waals surface area contributed by atoms with Gasteiger partial charge in [-0.15, -0.1) is 0 Å². The minimum Gasteiger partial charge on any atom is -0.385 e. The Hall–Kier alpha value is -1.39. The predicted octanol–water partition coefficient (Wildman–Crippen LogP) is 2.63. The molecule has 1 heterocycles. The summed E-state index contributed by atoms with van der Waals surface area (Å²) < 4.78 is 5.16. The van der Waals surface area contributed by atoms with Crippen molar-refractivity contribution in [2.75, 3.05) is 13.7 Å². The highest BCUT2D eigenvalue weighted by molar-refractivity contribution is 5.84. The molecule has 1 saturated heterocycles. The van der Waals surface area contributed by atoms with Gasteiger partial charge < -0.3 is 9.64 Å². The summed E-state index contributed by atoms with van der Waals surface area (Å²) in [7, 11) is 1.70. The van der Waals surface area contributed by atoms with Gasteiger partial charge in [-0.05, 0) is 32.3 Å². The van der Waals surface area contributed by atoms with Crippen LogP contribution in [0.4, 0.5) is 0 Å². The van der Waals surface area contributed by atoms with Crippen molar-refractivity contribution in [1.82, 2.24) is 10.2 Å². The first kappa shape index (κ1) is 16.0. The molecule has 116 valence electrons. The Morgan fingerprint density at radius 3 is 2.57 bits per heavy atom. The second-order valence-electron chi connectivity index (χ2n) is 5.82. The van der Waals surface area contributed by atoms with Crippen LogP contribution in [0, 0.1) is 6.92 Å². The number of hydrogen-bond donors (Lipinski definition) is 1. The first-order valence-corrected chi connectivity index (χ1v) is 7.72. The Morgan fingerprint density at radius 1 is 1.33 bits per heavy atom. The summed E-state index contributed by atoms with van der Waals surface area (Å²) in [6, 6.07) is 8.48. The van der Waals surface area contributed by atoms with E-state index in [1.54, 1.807) is 7.11 Å². The van der Waals surface area contributed by atoms with Gasteiger partial charge in [0, 0.05) is 19.8 Å². The molecule has 0 aliphatic carbocycles. The molecule has 1 amide bonds. The molecule has 0 bridgehead atoms. The lowest BCUT2D eigenvalue weighted by Gasteiger charge is -2.30. The van der Waals surface area contributed by atoms with Gasteiger partial charge >= 0.3 is 0 Å². The van der Waals surface area contributed by atoms with Crippen molar-refractivity contribution in [3.8, 4) is 0 Å². The molecule has 1 aromatic rings. The van der Waals surface area contributed by atoms with Crippen molar-refractivity contribution >= 4 is 5.91 Å². The lowest BCUT2D eigenvalue weighted by molar-refractivity contribution is -0.132. The largest absolute Gasteiger partial charge is 0.385 e. The van der Waals surface area contributed by atoms with Crippen molar-refractivity contribution in [1.29, 1.82) is 0 Å². The Balaban J connectivity index is 2.23. The molecule has 21 heavy (non-hydrogen) atoms. The number of aryl methyl sites for hydroxylation is 1. The number of amides is 1. The highest BCUT2D eigenvalue weighted by Gasteiger charge is 2.40. The lowest BCUT2D eigenvalue weighted by Crippen LogP contribution is -2.39. The van der Waals surface area contributed by atoms with Gasteiger partial charge in [0.15, 0.2) is 0 Å². The van der Waals surface area contributed by atoms with Gasteiger partial charge in [-0.2, -0.15) is 0 Å². The molecule has 3 unspecified atom stereocenters. The van der Waals surface area contributed by atoms with Gasteiger partial charge in [0.1, 0.15) is 6.17 Å². The van der Waals surface area contributed by atoms with Crippen LogP contribution in [0.15, 0.2) is 24.3 Å². The van der Waals surface area contributed by atoms with Gasteiger partial charge in [-0.1, -0.05) is 36.8 Å². The Kier molecular flexibility index (Phi) is 5.37. The zero-order valence-electron chi connectivity index (χ0n) is 13.4. The molecule has 1 fully saturated rings. The molecule has 4 heteroatoms. The van der Waals surface area contributed by atoms with Crippen LogP contribution < -0.4 is 5.32 Å². The average molecular weight is 290 g/mol. The number of methoxy groups -OCH3 is 1. The van der Waals surface area contributed by atoms with E-state index in [1.165, 1.54) is 5.56 Å². The van der Waals surface area contributed by atoms with Gasteiger partial charge in [-0.25, -0.2) is 0 Å². The second-order valence-corrected chi connectivity index (χ2v) is 5.82. The lowest BCUT2D eigenvalue weighted by atomic mass is 10.1. The average Bonchev–Trinajstić information content (AvgIpc) is 2.82. The third kappa shape index (κ3) is 3.44. The summed E-state index contributed by atoms with van der Waals surface area (Å²) in [5.41, 5.74) is 2.38. The Morgan fingerprint density at radius 2 is 2.00 bits per heavy atom. The first-order chi connectivity index (χ1) is 10.1. The summed E-state index contributed by atoms with van der Waals surface area (Å²) in [5, 5.41) is 3.47. The van der Waals surface area contributed by atoms with E-state index < -0.39 is 0 Å². The van der Waals surface area contributed by atoms with E-state index in [4.69, 9.17) is 4.74 Å². The predicted molar refractivity (Wildman–Crippen MR) is 83.9 cm³/mol.